The minimum atomic E-state index is -3.52. The Morgan fingerprint density at radius 1 is 1.14 bits per heavy atom. The third-order valence-corrected chi connectivity index (χ3v) is 3.61. The van der Waals surface area contributed by atoms with Crippen LogP contribution in [0.25, 0.3) is 0 Å². The van der Waals surface area contributed by atoms with Gasteiger partial charge in [-0.2, -0.15) is 0 Å². The van der Waals surface area contributed by atoms with Gasteiger partial charge in [-0.1, -0.05) is 44.2 Å². The Balaban J connectivity index is 3.15. The summed E-state index contributed by atoms with van der Waals surface area (Å²) in [6.45, 7) is 3.70. The topological polar surface area (TPSA) is 60.2 Å². The number of benzene rings is 1. The maximum Gasteiger partial charge on any atom is 0.216 e. The van der Waals surface area contributed by atoms with E-state index in [1.54, 1.807) is 12.1 Å². The van der Waals surface area contributed by atoms with Gasteiger partial charge in [-0.25, -0.2) is 13.6 Å². The van der Waals surface area contributed by atoms with Crippen molar-refractivity contribution >= 4 is 10.0 Å². The van der Waals surface area contributed by atoms with Crippen LogP contribution in [0, 0.1) is 5.92 Å². The molecule has 0 spiro atoms. The quantitative estimate of drug-likeness (QED) is 0.830. The van der Waals surface area contributed by atoms with E-state index in [0.29, 0.717) is 0 Å². The van der Waals surface area contributed by atoms with E-state index >= 15 is 0 Å². The van der Waals surface area contributed by atoms with Crippen LogP contribution in [0.5, 0.6) is 0 Å². The van der Waals surface area contributed by atoms with E-state index in [9.17, 15) is 8.42 Å². The minimum absolute atomic E-state index is 0.0209. The molecule has 0 bridgehead atoms. The van der Waals surface area contributed by atoms with Crippen LogP contribution in [0.1, 0.15) is 24.7 Å². The van der Waals surface area contributed by atoms with Gasteiger partial charge >= 0.3 is 0 Å². The number of sulfonamides is 1. The van der Waals surface area contributed by atoms with E-state index in [2.05, 4.69) is 0 Å². The molecule has 4 heteroatoms. The molecular weight excluding hydrogens is 198 g/mol. The number of hydrogen-bond donors (Lipinski definition) is 1. The van der Waals surface area contributed by atoms with E-state index < -0.39 is 15.3 Å². The zero-order valence-corrected chi connectivity index (χ0v) is 9.16. The van der Waals surface area contributed by atoms with E-state index in [1.807, 2.05) is 32.0 Å². The van der Waals surface area contributed by atoms with Gasteiger partial charge in [0.15, 0.2) is 0 Å². The van der Waals surface area contributed by atoms with Crippen LogP contribution in [-0.2, 0) is 10.0 Å². The predicted molar refractivity (Wildman–Crippen MR) is 57.1 cm³/mol. The molecule has 0 unspecified atom stereocenters. The molecule has 1 aromatic carbocycles. The lowest BCUT2D eigenvalue weighted by Crippen LogP contribution is -2.25. The fraction of sp³-hybridized carbons (Fsp3) is 0.400. The number of nitrogens with two attached hydrogens (primary N) is 1. The van der Waals surface area contributed by atoms with Crippen LogP contribution >= 0.6 is 0 Å². The molecule has 1 rings (SSSR count). The normalized spacial score (nSPS) is 14.3. The summed E-state index contributed by atoms with van der Waals surface area (Å²) in [7, 11) is -3.52. The summed E-state index contributed by atoms with van der Waals surface area (Å²) in [6, 6.07) is 9.06. The zero-order valence-electron chi connectivity index (χ0n) is 8.34. The Bertz CT molecular complexity index is 384. The average Bonchev–Trinajstić information content (AvgIpc) is 2.02. The first-order valence-corrected chi connectivity index (χ1v) is 6.10. The first-order valence-electron chi connectivity index (χ1n) is 4.49. The lowest BCUT2D eigenvalue weighted by molar-refractivity contribution is 0.541. The van der Waals surface area contributed by atoms with Crippen LogP contribution < -0.4 is 5.14 Å². The summed E-state index contributed by atoms with van der Waals surface area (Å²) in [6.07, 6.45) is 0. The van der Waals surface area contributed by atoms with Crippen molar-refractivity contribution < 1.29 is 8.42 Å². The molecule has 0 aromatic heterocycles. The lowest BCUT2D eigenvalue weighted by Gasteiger charge is -2.18. The van der Waals surface area contributed by atoms with Gasteiger partial charge in [0.2, 0.25) is 10.0 Å². The highest BCUT2D eigenvalue weighted by molar-refractivity contribution is 7.89. The maximum absolute atomic E-state index is 11.4. The minimum Gasteiger partial charge on any atom is -0.228 e. The van der Waals surface area contributed by atoms with Crippen molar-refractivity contribution in [2.24, 2.45) is 11.1 Å². The third kappa shape index (κ3) is 2.56. The second-order valence-corrected chi connectivity index (χ2v) is 5.35. The highest BCUT2D eigenvalue weighted by Crippen LogP contribution is 2.27. The predicted octanol–water partition coefficient (Wildman–Crippen LogP) is 1.67. The van der Waals surface area contributed by atoms with Gasteiger partial charge in [0, 0.05) is 0 Å². The zero-order chi connectivity index (χ0) is 10.8. The monoisotopic (exact) mass is 213 g/mol. The standard InChI is InChI=1S/C10H15NO2S/c1-8(2)10(14(11,12)13)9-6-4-3-5-7-9/h3-8,10H,1-2H3,(H2,11,12,13)/t10-/m1/s1. The first kappa shape index (κ1) is 11.2. The Hall–Kier alpha value is -0.870. The van der Waals surface area contributed by atoms with Crippen LogP contribution in [0.15, 0.2) is 30.3 Å². The fourth-order valence-electron chi connectivity index (χ4n) is 1.60. The van der Waals surface area contributed by atoms with Gasteiger partial charge in [0.25, 0.3) is 0 Å². The smallest absolute Gasteiger partial charge is 0.216 e. The summed E-state index contributed by atoms with van der Waals surface area (Å²) >= 11 is 0. The second-order valence-electron chi connectivity index (χ2n) is 3.66. The van der Waals surface area contributed by atoms with Crippen LogP contribution in [0.4, 0.5) is 0 Å². The molecular formula is C10H15NO2S. The van der Waals surface area contributed by atoms with Crippen molar-refractivity contribution in [1.29, 1.82) is 0 Å². The largest absolute Gasteiger partial charge is 0.228 e. The van der Waals surface area contributed by atoms with Gasteiger partial charge < -0.3 is 0 Å². The molecule has 0 saturated carbocycles. The number of primary sulfonamides is 1. The van der Waals surface area contributed by atoms with Crippen LogP contribution in [-0.4, -0.2) is 8.42 Å². The Morgan fingerprint density at radius 2 is 1.64 bits per heavy atom. The molecule has 0 radical (unpaired) electrons. The van der Waals surface area contributed by atoms with Gasteiger partial charge in [-0.3, -0.25) is 0 Å². The molecule has 0 saturated heterocycles. The Morgan fingerprint density at radius 3 is 2.00 bits per heavy atom. The number of hydrogen-bond acceptors (Lipinski definition) is 2. The average molecular weight is 213 g/mol. The van der Waals surface area contributed by atoms with Crippen LogP contribution in [0.2, 0.25) is 0 Å². The molecule has 14 heavy (non-hydrogen) atoms. The van der Waals surface area contributed by atoms with Crippen molar-refractivity contribution in [3.05, 3.63) is 35.9 Å². The van der Waals surface area contributed by atoms with Gasteiger partial charge in [-0.15, -0.1) is 0 Å². The third-order valence-electron chi connectivity index (χ3n) is 2.09. The van der Waals surface area contributed by atoms with E-state index in [-0.39, 0.29) is 5.92 Å². The Labute approximate surface area is 85.0 Å². The molecule has 0 aliphatic carbocycles. The summed E-state index contributed by atoms with van der Waals surface area (Å²) in [5, 5.41) is 4.58. The molecule has 3 nitrogen and oxygen atoms in total. The molecule has 78 valence electrons. The fourth-order valence-corrected chi connectivity index (χ4v) is 2.89. The van der Waals surface area contributed by atoms with Crippen LogP contribution in [0.3, 0.4) is 0 Å². The van der Waals surface area contributed by atoms with Crippen molar-refractivity contribution in [1.82, 2.24) is 0 Å². The Kier molecular flexibility index (Phi) is 3.29. The van der Waals surface area contributed by atoms with E-state index in [1.165, 1.54) is 0 Å². The molecule has 0 fully saturated rings. The molecule has 0 amide bonds. The van der Waals surface area contributed by atoms with Gasteiger partial charge in [0.05, 0.1) is 0 Å². The summed E-state index contributed by atoms with van der Waals surface area (Å²) in [5.74, 6) is -0.0209. The number of rotatable bonds is 3. The van der Waals surface area contributed by atoms with Gasteiger partial charge in [-0.05, 0) is 11.5 Å². The molecule has 1 atom stereocenters. The van der Waals surface area contributed by atoms with Crippen molar-refractivity contribution in [3.8, 4) is 0 Å². The summed E-state index contributed by atoms with van der Waals surface area (Å²) in [4.78, 5) is 0. The maximum atomic E-state index is 11.4. The molecule has 0 heterocycles. The summed E-state index contributed by atoms with van der Waals surface area (Å²) < 4.78 is 22.7. The molecule has 2 N–H and O–H groups in total. The van der Waals surface area contributed by atoms with Crippen molar-refractivity contribution in [3.63, 3.8) is 0 Å². The first-order chi connectivity index (χ1) is 6.43. The molecule has 1 aromatic rings. The van der Waals surface area contributed by atoms with Crippen molar-refractivity contribution in [2.45, 2.75) is 19.1 Å². The second kappa shape index (κ2) is 4.11. The molecule has 0 aliphatic rings. The molecule has 0 aliphatic heterocycles. The van der Waals surface area contributed by atoms with Crippen molar-refractivity contribution in [2.75, 3.05) is 0 Å². The van der Waals surface area contributed by atoms with E-state index in [0.717, 1.165) is 5.56 Å². The lowest BCUT2D eigenvalue weighted by atomic mass is 10.0. The van der Waals surface area contributed by atoms with Gasteiger partial charge in [0.1, 0.15) is 5.25 Å². The van der Waals surface area contributed by atoms with E-state index in [4.69, 9.17) is 5.14 Å². The SMILES string of the molecule is CC(C)[C@H](c1ccccc1)S(N)(=O)=O. The summed E-state index contributed by atoms with van der Waals surface area (Å²) in [5.41, 5.74) is 0.755. The highest BCUT2D eigenvalue weighted by Gasteiger charge is 2.26. The highest BCUT2D eigenvalue weighted by atomic mass is 32.2.